The summed E-state index contributed by atoms with van der Waals surface area (Å²) in [6.45, 7) is 7.68. The van der Waals surface area contributed by atoms with E-state index in [0.717, 1.165) is 35.8 Å². The average molecular weight is 479 g/mol. The maximum absolute atomic E-state index is 12.8. The number of nitrogens with two attached hydrogens (primary N) is 1. The number of aromatic nitrogens is 2. The average Bonchev–Trinajstić information content (AvgIpc) is 3.23. The maximum atomic E-state index is 12.8. The number of primary amides is 1. The molecule has 0 aliphatic carbocycles. The van der Waals surface area contributed by atoms with Crippen LogP contribution in [0.5, 0.6) is 0 Å². The van der Waals surface area contributed by atoms with Crippen molar-refractivity contribution in [3.05, 3.63) is 65.1 Å². The second-order valence-corrected chi connectivity index (χ2v) is 9.75. The Bertz CT molecular complexity index is 1170. The Kier molecular flexibility index (Phi) is 7.12. The van der Waals surface area contributed by atoms with Crippen LogP contribution in [0.15, 0.2) is 42.6 Å². The summed E-state index contributed by atoms with van der Waals surface area (Å²) >= 11 is 1.31. The first kappa shape index (κ1) is 23.7. The van der Waals surface area contributed by atoms with E-state index in [-0.39, 0.29) is 17.6 Å². The number of rotatable bonds is 7. The lowest BCUT2D eigenvalue weighted by Gasteiger charge is -2.35. The smallest absolute Gasteiger partial charge is 0.269 e. The summed E-state index contributed by atoms with van der Waals surface area (Å²) in [6.07, 6.45) is 3.51. The first-order valence-electron chi connectivity index (χ1n) is 11.5. The lowest BCUT2D eigenvalue weighted by atomic mass is 10.0. The number of nitrogens with one attached hydrogen (secondary N) is 2. The number of carbonyl (C=O) groups excluding carboxylic acids is 2. The third-order valence-electron chi connectivity index (χ3n) is 5.95. The van der Waals surface area contributed by atoms with Gasteiger partial charge in [0.1, 0.15) is 5.00 Å². The Morgan fingerprint density at radius 2 is 1.97 bits per heavy atom. The third kappa shape index (κ3) is 5.53. The van der Waals surface area contributed by atoms with E-state index in [4.69, 9.17) is 5.73 Å². The molecule has 2 aromatic heterocycles. The topological polar surface area (TPSA) is 113 Å². The Morgan fingerprint density at radius 1 is 1.21 bits per heavy atom. The molecule has 9 heteroatoms. The summed E-state index contributed by atoms with van der Waals surface area (Å²) in [5, 5.41) is 7.21. The van der Waals surface area contributed by atoms with Gasteiger partial charge in [-0.15, -0.1) is 0 Å². The molecule has 1 aliphatic rings. The van der Waals surface area contributed by atoms with Crippen molar-refractivity contribution in [3.8, 4) is 0 Å². The fourth-order valence-corrected chi connectivity index (χ4v) is 4.77. The van der Waals surface area contributed by atoms with Crippen molar-refractivity contribution in [2.24, 2.45) is 5.73 Å². The highest BCUT2D eigenvalue weighted by molar-refractivity contribution is 7.10. The lowest BCUT2D eigenvalue weighted by molar-refractivity contribution is 0.0932. The number of hydrogen-bond acceptors (Lipinski definition) is 7. The Hall–Kier alpha value is -3.46. The zero-order valence-electron chi connectivity index (χ0n) is 19.7. The van der Waals surface area contributed by atoms with E-state index in [0.29, 0.717) is 23.7 Å². The van der Waals surface area contributed by atoms with Crippen LogP contribution in [0.25, 0.3) is 0 Å². The van der Waals surface area contributed by atoms with Gasteiger partial charge in [-0.05, 0) is 67.0 Å². The highest BCUT2D eigenvalue weighted by Crippen LogP contribution is 2.28. The van der Waals surface area contributed by atoms with E-state index in [9.17, 15) is 9.59 Å². The van der Waals surface area contributed by atoms with Crippen LogP contribution in [0.1, 0.15) is 64.7 Å². The number of anilines is 3. The summed E-state index contributed by atoms with van der Waals surface area (Å²) in [5.74, 6) is -0.229. The van der Waals surface area contributed by atoms with Crippen LogP contribution in [0, 0.1) is 6.92 Å². The van der Waals surface area contributed by atoms with E-state index in [1.165, 1.54) is 17.1 Å². The molecule has 1 saturated heterocycles. The van der Waals surface area contributed by atoms with Gasteiger partial charge in [0.05, 0.1) is 23.3 Å². The van der Waals surface area contributed by atoms with Gasteiger partial charge >= 0.3 is 0 Å². The molecule has 0 unspecified atom stereocenters. The van der Waals surface area contributed by atoms with Crippen molar-refractivity contribution < 1.29 is 9.59 Å². The zero-order valence-corrected chi connectivity index (χ0v) is 20.5. The van der Waals surface area contributed by atoms with Gasteiger partial charge in [0, 0.05) is 24.7 Å². The summed E-state index contributed by atoms with van der Waals surface area (Å²) < 4.78 is 4.27. The van der Waals surface area contributed by atoms with E-state index >= 15 is 0 Å². The SMILES string of the molecule is Cc1cc(Nc2cc(N3CCC[C@@H](NC(=O)c4ccc(C(C)C)cc4)C3)cnc2C(N)=O)sn1. The lowest BCUT2D eigenvalue weighted by Crippen LogP contribution is -2.47. The number of nitrogens with zero attached hydrogens (tertiary/aromatic N) is 3. The number of benzene rings is 1. The zero-order chi connectivity index (χ0) is 24.2. The summed E-state index contributed by atoms with van der Waals surface area (Å²) in [5.41, 5.74) is 9.92. The minimum Gasteiger partial charge on any atom is -0.368 e. The van der Waals surface area contributed by atoms with Gasteiger partial charge in [-0.25, -0.2) is 4.98 Å². The van der Waals surface area contributed by atoms with Crippen molar-refractivity contribution in [1.29, 1.82) is 0 Å². The molecule has 0 radical (unpaired) electrons. The predicted octanol–water partition coefficient (Wildman–Crippen LogP) is 4.21. The van der Waals surface area contributed by atoms with Crippen molar-refractivity contribution in [3.63, 3.8) is 0 Å². The predicted molar refractivity (Wildman–Crippen MR) is 136 cm³/mol. The van der Waals surface area contributed by atoms with Gasteiger partial charge in [-0.2, -0.15) is 4.37 Å². The third-order valence-corrected chi connectivity index (χ3v) is 6.75. The summed E-state index contributed by atoms with van der Waals surface area (Å²) in [7, 11) is 0. The number of amides is 2. The van der Waals surface area contributed by atoms with E-state index in [1.807, 2.05) is 43.3 Å². The molecule has 0 spiro atoms. The fraction of sp³-hybridized carbons (Fsp3) is 0.360. The van der Waals surface area contributed by atoms with Crippen molar-refractivity contribution in [1.82, 2.24) is 14.7 Å². The molecule has 1 atom stereocenters. The molecule has 1 aromatic carbocycles. The second-order valence-electron chi connectivity index (χ2n) is 8.95. The molecule has 3 aromatic rings. The second kappa shape index (κ2) is 10.2. The largest absolute Gasteiger partial charge is 0.368 e. The van der Waals surface area contributed by atoms with Gasteiger partial charge in [-0.3, -0.25) is 9.59 Å². The quantitative estimate of drug-likeness (QED) is 0.469. The van der Waals surface area contributed by atoms with Crippen LogP contribution in [0.4, 0.5) is 16.4 Å². The van der Waals surface area contributed by atoms with Gasteiger partial charge < -0.3 is 21.3 Å². The number of carbonyl (C=O) groups is 2. The Labute approximate surface area is 203 Å². The molecule has 3 heterocycles. The first-order chi connectivity index (χ1) is 16.3. The van der Waals surface area contributed by atoms with Crippen LogP contribution >= 0.6 is 11.5 Å². The highest BCUT2D eigenvalue weighted by atomic mass is 32.1. The number of piperidine rings is 1. The van der Waals surface area contributed by atoms with E-state index in [1.54, 1.807) is 6.20 Å². The Balaban J connectivity index is 1.47. The van der Waals surface area contributed by atoms with Crippen LogP contribution in [-0.2, 0) is 0 Å². The normalized spacial score (nSPS) is 15.9. The monoisotopic (exact) mass is 478 g/mol. The molecule has 4 N–H and O–H groups in total. The van der Waals surface area contributed by atoms with E-state index < -0.39 is 5.91 Å². The molecule has 1 fully saturated rings. The van der Waals surface area contributed by atoms with Crippen molar-refractivity contribution >= 4 is 39.7 Å². The van der Waals surface area contributed by atoms with Crippen molar-refractivity contribution in [2.75, 3.05) is 23.3 Å². The molecule has 0 saturated carbocycles. The van der Waals surface area contributed by atoms with E-state index in [2.05, 4.69) is 38.7 Å². The number of pyridine rings is 1. The van der Waals surface area contributed by atoms with Gasteiger partial charge in [0.2, 0.25) is 0 Å². The molecule has 0 bridgehead atoms. The van der Waals surface area contributed by atoms with Crippen LogP contribution in [0.3, 0.4) is 0 Å². The molecule has 34 heavy (non-hydrogen) atoms. The number of aryl methyl sites for hydroxylation is 1. The molecule has 8 nitrogen and oxygen atoms in total. The van der Waals surface area contributed by atoms with Crippen LogP contribution in [0.2, 0.25) is 0 Å². The standard InChI is InChI=1S/C25H30N6O2S/c1-15(2)17-6-8-18(9-7-17)25(33)28-19-5-4-10-31(14-19)20-12-21(23(24(26)32)27-13-20)29-22-11-16(3)30-34-22/h6-9,11-13,15,19,29H,4-5,10,14H2,1-3H3,(H2,26,32)(H,28,33)/t19-/m1/s1. The molecule has 178 valence electrons. The van der Waals surface area contributed by atoms with Gasteiger partial charge in [0.25, 0.3) is 11.8 Å². The summed E-state index contributed by atoms with van der Waals surface area (Å²) in [6, 6.07) is 11.6. The molecule has 2 amide bonds. The molecule has 4 rings (SSSR count). The van der Waals surface area contributed by atoms with Gasteiger partial charge in [0.15, 0.2) is 5.69 Å². The van der Waals surface area contributed by atoms with Crippen LogP contribution in [-0.4, -0.2) is 40.3 Å². The number of hydrogen-bond donors (Lipinski definition) is 3. The summed E-state index contributed by atoms with van der Waals surface area (Å²) in [4.78, 5) is 31.2. The Morgan fingerprint density at radius 3 is 2.62 bits per heavy atom. The van der Waals surface area contributed by atoms with Gasteiger partial charge in [-0.1, -0.05) is 26.0 Å². The molecular weight excluding hydrogens is 448 g/mol. The minimum absolute atomic E-state index is 0.0161. The minimum atomic E-state index is -0.595. The van der Waals surface area contributed by atoms with Crippen LogP contribution < -0.4 is 21.3 Å². The fourth-order valence-electron chi connectivity index (χ4n) is 4.09. The first-order valence-corrected chi connectivity index (χ1v) is 12.2. The molecule has 1 aliphatic heterocycles. The maximum Gasteiger partial charge on any atom is 0.269 e. The highest BCUT2D eigenvalue weighted by Gasteiger charge is 2.24. The van der Waals surface area contributed by atoms with Crippen molar-refractivity contribution in [2.45, 2.75) is 45.6 Å². The molecular formula is C25H30N6O2S.